The average Bonchev–Trinajstić information content (AvgIpc) is 3.02. The van der Waals surface area contributed by atoms with E-state index in [2.05, 4.69) is 37.0 Å². The van der Waals surface area contributed by atoms with Gasteiger partial charge in [-0.3, -0.25) is 0 Å². The van der Waals surface area contributed by atoms with E-state index >= 15 is 0 Å². The van der Waals surface area contributed by atoms with E-state index in [1.54, 1.807) is 12.4 Å². The minimum absolute atomic E-state index is 0.610. The van der Waals surface area contributed by atoms with Crippen molar-refractivity contribution in [2.24, 2.45) is 0 Å². The number of aryl methyl sites for hydroxylation is 1. The zero-order valence-corrected chi connectivity index (χ0v) is 15.6. The summed E-state index contributed by atoms with van der Waals surface area (Å²) in [6, 6.07) is 10.0. The molecule has 0 radical (unpaired) electrons. The van der Waals surface area contributed by atoms with Gasteiger partial charge in [0.2, 0.25) is 5.95 Å². The maximum Gasteiger partial charge on any atom is 0.225 e. The number of hydrogen-bond acceptors (Lipinski definition) is 6. The number of nitrogens with zero attached hydrogens (tertiary/aromatic N) is 7. The molecule has 0 aliphatic carbocycles. The van der Waals surface area contributed by atoms with Crippen LogP contribution in [0, 0.1) is 6.92 Å². The second-order valence-electron chi connectivity index (χ2n) is 6.61. The number of rotatable bonds is 2. The Morgan fingerprint density at radius 2 is 1.63 bits per heavy atom. The standard InChI is InChI=1S/C19H18ClN7/c1-13-16(20)18-23-17(14-5-2-3-6-15(14)27(18)24-13)25-9-11-26(12-10-25)19-21-7-4-8-22-19/h2-8H,9-12H2,1H3. The van der Waals surface area contributed by atoms with Crippen molar-refractivity contribution in [1.82, 2.24) is 24.6 Å². The highest BCUT2D eigenvalue weighted by atomic mass is 35.5. The van der Waals surface area contributed by atoms with Crippen molar-refractivity contribution in [3.63, 3.8) is 0 Å². The molecule has 0 spiro atoms. The summed E-state index contributed by atoms with van der Waals surface area (Å²) in [4.78, 5) is 18.1. The Kier molecular flexibility index (Phi) is 3.82. The van der Waals surface area contributed by atoms with Crippen LogP contribution in [0.3, 0.4) is 0 Å². The largest absolute Gasteiger partial charge is 0.352 e. The maximum absolute atomic E-state index is 6.47. The van der Waals surface area contributed by atoms with Crippen molar-refractivity contribution >= 4 is 39.9 Å². The summed E-state index contributed by atoms with van der Waals surface area (Å²) >= 11 is 6.47. The summed E-state index contributed by atoms with van der Waals surface area (Å²) in [5.74, 6) is 1.73. The summed E-state index contributed by atoms with van der Waals surface area (Å²) in [6.07, 6.45) is 3.56. The molecule has 3 aromatic heterocycles. The van der Waals surface area contributed by atoms with Crippen molar-refractivity contribution in [2.75, 3.05) is 36.0 Å². The quantitative estimate of drug-likeness (QED) is 0.533. The Labute approximate surface area is 161 Å². The van der Waals surface area contributed by atoms with Crippen LogP contribution in [0.15, 0.2) is 42.7 Å². The Morgan fingerprint density at radius 3 is 2.41 bits per heavy atom. The highest BCUT2D eigenvalue weighted by molar-refractivity contribution is 6.34. The van der Waals surface area contributed by atoms with Gasteiger partial charge in [-0.1, -0.05) is 23.7 Å². The van der Waals surface area contributed by atoms with Crippen LogP contribution in [0.25, 0.3) is 16.6 Å². The molecular weight excluding hydrogens is 362 g/mol. The van der Waals surface area contributed by atoms with Crippen LogP contribution in [-0.2, 0) is 0 Å². The van der Waals surface area contributed by atoms with Gasteiger partial charge in [0.05, 0.1) is 11.2 Å². The van der Waals surface area contributed by atoms with Gasteiger partial charge >= 0.3 is 0 Å². The molecule has 0 saturated carbocycles. The number of aromatic nitrogens is 5. The first kappa shape index (κ1) is 16.3. The van der Waals surface area contributed by atoms with Crippen molar-refractivity contribution in [3.8, 4) is 0 Å². The first-order chi connectivity index (χ1) is 13.2. The molecular formula is C19H18ClN7. The molecule has 0 N–H and O–H groups in total. The molecule has 1 saturated heterocycles. The number of piperazine rings is 1. The normalized spacial score (nSPS) is 15.0. The van der Waals surface area contributed by atoms with Gasteiger partial charge in [-0.25, -0.2) is 19.5 Å². The molecule has 1 fully saturated rings. The van der Waals surface area contributed by atoms with E-state index in [0.717, 1.165) is 54.5 Å². The van der Waals surface area contributed by atoms with Crippen LogP contribution in [0.5, 0.6) is 0 Å². The van der Waals surface area contributed by atoms with Crippen LogP contribution in [-0.4, -0.2) is 50.7 Å². The predicted molar refractivity (Wildman–Crippen MR) is 107 cm³/mol. The Bertz CT molecular complexity index is 1120. The molecule has 8 heteroatoms. The van der Waals surface area contributed by atoms with Crippen LogP contribution in [0.4, 0.5) is 11.8 Å². The summed E-state index contributed by atoms with van der Waals surface area (Å²) in [7, 11) is 0. The highest BCUT2D eigenvalue weighted by Gasteiger charge is 2.23. The van der Waals surface area contributed by atoms with Crippen molar-refractivity contribution in [3.05, 3.63) is 53.4 Å². The molecule has 1 aliphatic rings. The molecule has 0 bridgehead atoms. The van der Waals surface area contributed by atoms with E-state index in [-0.39, 0.29) is 0 Å². The lowest BCUT2D eigenvalue weighted by molar-refractivity contribution is 0.636. The van der Waals surface area contributed by atoms with Crippen molar-refractivity contribution in [1.29, 1.82) is 0 Å². The smallest absolute Gasteiger partial charge is 0.225 e. The first-order valence-corrected chi connectivity index (χ1v) is 9.30. The van der Waals surface area contributed by atoms with Gasteiger partial charge in [0, 0.05) is 44.0 Å². The minimum atomic E-state index is 0.610. The monoisotopic (exact) mass is 379 g/mol. The Morgan fingerprint density at radius 1 is 0.926 bits per heavy atom. The molecule has 1 aromatic carbocycles. The average molecular weight is 380 g/mol. The van der Waals surface area contributed by atoms with Crippen LogP contribution >= 0.6 is 11.6 Å². The lowest BCUT2D eigenvalue weighted by atomic mass is 10.2. The zero-order chi connectivity index (χ0) is 18.4. The molecule has 4 aromatic rings. The summed E-state index contributed by atoms with van der Waals surface area (Å²) in [6.45, 7) is 5.28. The minimum Gasteiger partial charge on any atom is -0.352 e. The van der Waals surface area contributed by atoms with Gasteiger partial charge in [0.1, 0.15) is 10.8 Å². The summed E-state index contributed by atoms with van der Waals surface area (Å²) in [5.41, 5.74) is 2.51. The van der Waals surface area contributed by atoms with Crippen LogP contribution < -0.4 is 9.80 Å². The van der Waals surface area contributed by atoms with Gasteiger partial charge in [-0.15, -0.1) is 0 Å². The van der Waals surface area contributed by atoms with E-state index in [1.807, 2.05) is 29.6 Å². The van der Waals surface area contributed by atoms with E-state index in [0.29, 0.717) is 10.7 Å². The molecule has 5 rings (SSSR count). The topological polar surface area (TPSA) is 62.5 Å². The molecule has 136 valence electrons. The van der Waals surface area contributed by atoms with Crippen molar-refractivity contribution < 1.29 is 0 Å². The Hall–Kier alpha value is -2.93. The predicted octanol–water partition coefficient (Wildman–Crippen LogP) is 2.96. The fourth-order valence-corrected chi connectivity index (χ4v) is 3.74. The molecule has 27 heavy (non-hydrogen) atoms. The van der Waals surface area contributed by atoms with Crippen molar-refractivity contribution in [2.45, 2.75) is 6.92 Å². The fourth-order valence-electron chi connectivity index (χ4n) is 3.58. The number of halogens is 1. The third-order valence-electron chi connectivity index (χ3n) is 4.96. The number of hydrogen-bond donors (Lipinski definition) is 0. The maximum atomic E-state index is 6.47. The zero-order valence-electron chi connectivity index (χ0n) is 14.9. The molecule has 1 aliphatic heterocycles. The van der Waals surface area contributed by atoms with Gasteiger partial charge < -0.3 is 9.80 Å². The summed E-state index contributed by atoms with van der Waals surface area (Å²) < 4.78 is 1.84. The SMILES string of the molecule is Cc1nn2c(nc(N3CCN(c4ncccn4)CC3)c3ccccc32)c1Cl. The van der Waals surface area contributed by atoms with Gasteiger partial charge in [0.15, 0.2) is 5.65 Å². The van der Waals surface area contributed by atoms with E-state index in [4.69, 9.17) is 16.6 Å². The number of para-hydroxylation sites is 1. The van der Waals surface area contributed by atoms with Gasteiger partial charge in [0.25, 0.3) is 0 Å². The third-order valence-corrected chi connectivity index (χ3v) is 5.41. The summed E-state index contributed by atoms with van der Waals surface area (Å²) in [5, 5.41) is 6.24. The fraction of sp³-hybridized carbons (Fsp3) is 0.263. The van der Waals surface area contributed by atoms with E-state index < -0.39 is 0 Å². The highest BCUT2D eigenvalue weighted by Crippen LogP contribution is 2.30. The van der Waals surface area contributed by atoms with E-state index in [1.165, 1.54) is 0 Å². The first-order valence-electron chi connectivity index (χ1n) is 8.93. The molecule has 7 nitrogen and oxygen atoms in total. The lowest BCUT2D eigenvalue weighted by Gasteiger charge is -2.35. The van der Waals surface area contributed by atoms with Crippen LogP contribution in [0.1, 0.15) is 5.69 Å². The Balaban J connectivity index is 1.54. The number of anilines is 2. The second kappa shape index (κ2) is 6.35. The number of benzene rings is 1. The van der Waals surface area contributed by atoms with Gasteiger partial charge in [-0.05, 0) is 25.1 Å². The number of fused-ring (bicyclic) bond motifs is 3. The van der Waals surface area contributed by atoms with Crippen LogP contribution in [0.2, 0.25) is 5.02 Å². The molecule has 0 atom stereocenters. The molecule has 0 amide bonds. The molecule has 4 heterocycles. The van der Waals surface area contributed by atoms with Gasteiger partial charge in [-0.2, -0.15) is 5.10 Å². The second-order valence-corrected chi connectivity index (χ2v) is 6.99. The molecule has 0 unspecified atom stereocenters. The third kappa shape index (κ3) is 2.66. The van der Waals surface area contributed by atoms with E-state index in [9.17, 15) is 0 Å². The lowest BCUT2D eigenvalue weighted by Crippen LogP contribution is -2.47.